The van der Waals surface area contributed by atoms with Gasteiger partial charge in [-0.1, -0.05) is 41.7 Å². The number of rotatable bonds is 9. The van der Waals surface area contributed by atoms with Gasteiger partial charge in [-0.3, -0.25) is 9.69 Å². The van der Waals surface area contributed by atoms with Crippen LogP contribution in [-0.4, -0.2) is 50.1 Å². The van der Waals surface area contributed by atoms with E-state index in [1.807, 2.05) is 80.8 Å². The quantitative estimate of drug-likeness (QED) is 0.279. The van der Waals surface area contributed by atoms with Crippen molar-refractivity contribution in [3.05, 3.63) is 78.4 Å². The van der Waals surface area contributed by atoms with Crippen molar-refractivity contribution in [1.82, 2.24) is 9.88 Å². The first-order valence-electron chi connectivity index (χ1n) is 10.8. The minimum atomic E-state index is -0.133. The number of carbonyl (C=O) groups excluding carboxylic acids is 1. The fraction of sp³-hybridized carbons (Fsp3) is 0.231. The van der Waals surface area contributed by atoms with E-state index in [9.17, 15) is 4.79 Å². The van der Waals surface area contributed by atoms with Crippen LogP contribution in [0.2, 0.25) is 0 Å². The van der Waals surface area contributed by atoms with E-state index in [-0.39, 0.29) is 18.3 Å². The normalized spacial score (nSPS) is 10.7. The largest absolute Gasteiger partial charge is 0.497 e. The van der Waals surface area contributed by atoms with Crippen molar-refractivity contribution < 1.29 is 14.3 Å². The average molecular weight is 498 g/mol. The maximum atomic E-state index is 13.8. The number of methoxy groups -OCH3 is 1. The van der Waals surface area contributed by atoms with Gasteiger partial charge in [0, 0.05) is 12.6 Å². The summed E-state index contributed by atoms with van der Waals surface area (Å²) in [5, 5.41) is 0.663. The van der Waals surface area contributed by atoms with Gasteiger partial charge in [0.1, 0.15) is 17.2 Å². The van der Waals surface area contributed by atoms with Crippen LogP contribution in [0.1, 0.15) is 16.8 Å². The number of nitrogens with zero attached hydrogens (tertiary/aromatic N) is 3. The number of anilines is 1. The van der Waals surface area contributed by atoms with Gasteiger partial charge in [-0.2, -0.15) is 0 Å². The number of thiazole rings is 1. The summed E-state index contributed by atoms with van der Waals surface area (Å²) in [5.41, 5.74) is 1.32. The van der Waals surface area contributed by atoms with Crippen LogP contribution in [0.15, 0.2) is 72.8 Å². The zero-order chi connectivity index (χ0) is 23.2. The van der Waals surface area contributed by atoms with Gasteiger partial charge in [0.25, 0.3) is 5.91 Å². The van der Waals surface area contributed by atoms with E-state index in [1.54, 1.807) is 18.1 Å². The van der Waals surface area contributed by atoms with Crippen molar-refractivity contribution in [3.63, 3.8) is 0 Å². The fourth-order valence-electron chi connectivity index (χ4n) is 3.46. The molecular formula is C26H28ClN3O3S. The highest BCUT2D eigenvalue weighted by Gasteiger charge is 2.24. The molecule has 1 heterocycles. The van der Waals surface area contributed by atoms with Crippen LogP contribution < -0.4 is 14.4 Å². The summed E-state index contributed by atoms with van der Waals surface area (Å²) < 4.78 is 12.4. The van der Waals surface area contributed by atoms with Crippen LogP contribution in [0.25, 0.3) is 10.2 Å². The Morgan fingerprint density at radius 2 is 1.68 bits per heavy atom. The molecule has 6 nitrogen and oxygen atoms in total. The number of ether oxygens (including phenoxy) is 2. The Morgan fingerprint density at radius 3 is 2.41 bits per heavy atom. The standard InChI is InChI=1S/C26H27N3O3S.ClH/c1-28(2)16-9-17-29(26-27-22-18-20(31-3)14-15-24(22)33-26)25(30)21-12-7-8-13-23(21)32-19-10-5-4-6-11-19;/h4-8,10-15,18H,9,16-17H2,1-3H3;1H. The van der Waals surface area contributed by atoms with Crippen LogP contribution in [0.5, 0.6) is 17.2 Å². The average Bonchev–Trinajstić information content (AvgIpc) is 3.25. The van der Waals surface area contributed by atoms with Gasteiger partial charge in [0.2, 0.25) is 0 Å². The molecule has 0 unspecified atom stereocenters. The third kappa shape index (κ3) is 6.05. The van der Waals surface area contributed by atoms with Crippen molar-refractivity contribution in [3.8, 4) is 17.2 Å². The molecule has 34 heavy (non-hydrogen) atoms. The molecule has 0 radical (unpaired) electrons. The Kier molecular flexibility index (Phi) is 8.87. The lowest BCUT2D eigenvalue weighted by Crippen LogP contribution is -2.33. The molecule has 0 bridgehead atoms. The van der Waals surface area contributed by atoms with E-state index in [2.05, 4.69) is 4.90 Å². The molecule has 0 aliphatic heterocycles. The number of benzene rings is 3. The Hall–Kier alpha value is -3.13. The second kappa shape index (κ2) is 11.8. The van der Waals surface area contributed by atoms with E-state index in [4.69, 9.17) is 14.5 Å². The number of carbonyl (C=O) groups is 1. The lowest BCUT2D eigenvalue weighted by atomic mass is 10.1. The summed E-state index contributed by atoms with van der Waals surface area (Å²) in [6.07, 6.45) is 0.819. The van der Waals surface area contributed by atoms with Crippen molar-refractivity contribution in [1.29, 1.82) is 0 Å². The molecule has 0 aliphatic carbocycles. The number of fused-ring (bicyclic) bond motifs is 1. The molecule has 4 aromatic rings. The molecule has 4 rings (SSSR count). The SMILES string of the molecule is COc1ccc2sc(N(CCCN(C)C)C(=O)c3ccccc3Oc3ccccc3)nc2c1.Cl. The monoisotopic (exact) mass is 497 g/mol. The van der Waals surface area contributed by atoms with Crippen molar-refractivity contribution >= 4 is 45.0 Å². The van der Waals surface area contributed by atoms with E-state index < -0.39 is 0 Å². The third-order valence-corrected chi connectivity index (χ3v) is 6.19. The molecule has 3 aromatic carbocycles. The van der Waals surface area contributed by atoms with Gasteiger partial charge in [-0.25, -0.2) is 4.98 Å². The summed E-state index contributed by atoms with van der Waals surface area (Å²) in [7, 11) is 5.69. The summed E-state index contributed by atoms with van der Waals surface area (Å²) >= 11 is 1.50. The molecule has 1 aromatic heterocycles. The topological polar surface area (TPSA) is 54.9 Å². The molecule has 0 spiro atoms. The van der Waals surface area contributed by atoms with Crippen LogP contribution in [0, 0.1) is 0 Å². The van der Waals surface area contributed by atoms with Crippen LogP contribution in [0.4, 0.5) is 5.13 Å². The summed E-state index contributed by atoms with van der Waals surface area (Å²) in [6.45, 7) is 1.41. The molecule has 0 fully saturated rings. The first kappa shape index (κ1) is 25.5. The van der Waals surface area contributed by atoms with Gasteiger partial charge in [0.05, 0.1) is 22.9 Å². The van der Waals surface area contributed by atoms with Crippen molar-refractivity contribution in [2.75, 3.05) is 39.2 Å². The molecule has 0 aliphatic rings. The van der Waals surface area contributed by atoms with Gasteiger partial charge >= 0.3 is 0 Å². The number of hydrogen-bond acceptors (Lipinski definition) is 6. The molecule has 0 saturated carbocycles. The molecule has 1 amide bonds. The van der Waals surface area contributed by atoms with Gasteiger partial charge in [-0.15, -0.1) is 12.4 Å². The van der Waals surface area contributed by atoms with Crippen LogP contribution in [-0.2, 0) is 0 Å². The maximum absolute atomic E-state index is 13.8. The Morgan fingerprint density at radius 1 is 0.941 bits per heavy atom. The van der Waals surface area contributed by atoms with Crippen LogP contribution in [0.3, 0.4) is 0 Å². The highest BCUT2D eigenvalue weighted by Crippen LogP contribution is 2.33. The van der Waals surface area contributed by atoms with Crippen molar-refractivity contribution in [2.45, 2.75) is 6.42 Å². The van der Waals surface area contributed by atoms with Gasteiger partial charge in [-0.05, 0) is 63.5 Å². The fourth-order valence-corrected chi connectivity index (χ4v) is 4.43. The summed E-state index contributed by atoms with van der Waals surface area (Å²) in [6, 6.07) is 22.6. The Balaban J connectivity index is 0.00000324. The summed E-state index contributed by atoms with van der Waals surface area (Å²) in [5.74, 6) is 1.82. The first-order valence-corrected chi connectivity index (χ1v) is 11.6. The zero-order valence-electron chi connectivity index (χ0n) is 19.4. The predicted octanol–water partition coefficient (Wildman–Crippen LogP) is 6.12. The number of amides is 1. The van der Waals surface area contributed by atoms with E-state index in [0.29, 0.717) is 28.7 Å². The van der Waals surface area contributed by atoms with Gasteiger partial charge in [0.15, 0.2) is 5.13 Å². The number of halogens is 1. The smallest absolute Gasteiger partial charge is 0.263 e. The maximum Gasteiger partial charge on any atom is 0.263 e. The van der Waals surface area contributed by atoms with E-state index in [1.165, 1.54) is 11.3 Å². The van der Waals surface area contributed by atoms with Crippen molar-refractivity contribution in [2.24, 2.45) is 0 Å². The molecule has 0 atom stereocenters. The number of aromatic nitrogens is 1. The molecule has 0 saturated heterocycles. The van der Waals surface area contributed by atoms with Crippen LogP contribution >= 0.6 is 23.7 Å². The van der Waals surface area contributed by atoms with E-state index >= 15 is 0 Å². The molecule has 8 heteroatoms. The predicted molar refractivity (Wildman–Crippen MR) is 141 cm³/mol. The van der Waals surface area contributed by atoms with E-state index in [0.717, 1.165) is 28.9 Å². The molecular weight excluding hydrogens is 470 g/mol. The third-order valence-electron chi connectivity index (χ3n) is 5.14. The zero-order valence-corrected chi connectivity index (χ0v) is 21.1. The molecule has 178 valence electrons. The number of para-hydroxylation sites is 2. The Labute approximate surface area is 210 Å². The summed E-state index contributed by atoms with van der Waals surface area (Å²) in [4.78, 5) is 22.4. The minimum Gasteiger partial charge on any atom is -0.497 e. The number of hydrogen-bond donors (Lipinski definition) is 0. The second-order valence-corrected chi connectivity index (χ2v) is 8.86. The first-order chi connectivity index (χ1) is 16.0. The lowest BCUT2D eigenvalue weighted by Gasteiger charge is -2.22. The highest BCUT2D eigenvalue weighted by atomic mass is 35.5. The Bertz CT molecular complexity index is 1230. The van der Waals surface area contributed by atoms with Gasteiger partial charge < -0.3 is 14.4 Å². The minimum absolute atomic E-state index is 0. The highest BCUT2D eigenvalue weighted by molar-refractivity contribution is 7.22. The molecule has 0 N–H and O–H groups in total. The second-order valence-electron chi connectivity index (χ2n) is 7.85. The lowest BCUT2D eigenvalue weighted by molar-refractivity contribution is 0.0984.